The molecule has 0 aromatic heterocycles. The van der Waals surface area contributed by atoms with Crippen LogP contribution >= 0.6 is 0 Å². The normalized spacial score (nSPS) is 22.0. The number of amides is 1. The summed E-state index contributed by atoms with van der Waals surface area (Å²) in [6.07, 6.45) is 2.35. The number of nitrogens with two attached hydrogens (primary N) is 1. The first-order chi connectivity index (χ1) is 8.84. The number of hydrogen-bond donors (Lipinski definition) is 2. The molecule has 0 bridgehead atoms. The van der Waals surface area contributed by atoms with Crippen molar-refractivity contribution in [2.75, 3.05) is 26.3 Å². The molecule has 0 spiro atoms. The van der Waals surface area contributed by atoms with E-state index in [0.717, 1.165) is 26.1 Å². The van der Waals surface area contributed by atoms with E-state index in [-0.39, 0.29) is 11.5 Å². The molecule has 1 fully saturated rings. The Labute approximate surface area is 116 Å². The number of rotatable bonds is 5. The van der Waals surface area contributed by atoms with Gasteiger partial charge in [-0.1, -0.05) is 0 Å². The highest BCUT2D eigenvalue weighted by Gasteiger charge is 2.29. The van der Waals surface area contributed by atoms with E-state index in [2.05, 4.69) is 0 Å². The zero-order valence-electron chi connectivity index (χ0n) is 12.4. The topological polar surface area (TPSA) is 75.8 Å². The van der Waals surface area contributed by atoms with E-state index in [4.69, 9.17) is 10.5 Å². The van der Waals surface area contributed by atoms with Gasteiger partial charge < -0.3 is 20.5 Å². The number of carboxylic acid groups (broad SMARTS) is 1. The second-order valence-electron chi connectivity index (χ2n) is 6.48. The highest BCUT2D eigenvalue weighted by molar-refractivity contribution is 5.66. The first kappa shape index (κ1) is 16.2. The monoisotopic (exact) mass is 272 g/mol. The average Bonchev–Trinajstić information content (AvgIpc) is 2.33. The second kappa shape index (κ2) is 7.10. The Morgan fingerprint density at radius 3 is 2.63 bits per heavy atom. The Morgan fingerprint density at radius 2 is 2.21 bits per heavy atom. The SMILES string of the molecule is CC(C)(C)N(C[C@H](CN)C[C@H]1CCCOC1)C(=O)O. The second-order valence-corrected chi connectivity index (χ2v) is 6.48. The van der Waals surface area contributed by atoms with Gasteiger partial charge in [0.1, 0.15) is 0 Å². The van der Waals surface area contributed by atoms with E-state index >= 15 is 0 Å². The van der Waals surface area contributed by atoms with E-state index in [0.29, 0.717) is 19.0 Å². The number of hydrogen-bond acceptors (Lipinski definition) is 3. The van der Waals surface area contributed by atoms with Crippen LogP contribution in [0.2, 0.25) is 0 Å². The first-order valence-corrected chi connectivity index (χ1v) is 7.13. The molecule has 1 aliphatic heterocycles. The van der Waals surface area contributed by atoms with E-state index in [1.54, 1.807) is 0 Å². The van der Waals surface area contributed by atoms with Crippen LogP contribution in [-0.2, 0) is 4.74 Å². The summed E-state index contributed by atoms with van der Waals surface area (Å²) < 4.78 is 5.48. The molecule has 19 heavy (non-hydrogen) atoms. The van der Waals surface area contributed by atoms with Crippen molar-refractivity contribution in [1.29, 1.82) is 0 Å². The molecular weight excluding hydrogens is 244 g/mol. The van der Waals surface area contributed by atoms with Gasteiger partial charge in [0, 0.05) is 25.3 Å². The van der Waals surface area contributed by atoms with E-state index in [1.165, 1.54) is 11.3 Å². The van der Waals surface area contributed by atoms with Crippen LogP contribution in [-0.4, -0.2) is 47.9 Å². The van der Waals surface area contributed by atoms with Gasteiger partial charge in [-0.25, -0.2) is 4.79 Å². The molecule has 5 nitrogen and oxygen atoms in total. The highest BCUT2D eigenvalue weighted by atomic mass is 16.5. The Morgan fingerprint density at radius 1 is 1.53 bits per heavy atom. The Bertz CT molecular complexity index is 283. The fourth-order valence-electron chi connectivity index (χ4n) is 2.61. The van der Waals surface area contributed by atoms with Gasteiger partial charge in [0.2, 0.25) is 0 Å². The number of carbonyl (C=O) groups is 1. The minimum atomic E-state index is -0.870. The molecule has 112 valence electrons. The van der Waals surface area contributed by atoms with Crippen LogP contribution < -0.4 is 5.73 Å². The van der Waals surface area contributed by atoms with Crippen LogP contribution in [0.15, 0.2) is 0 Å². The summed E-state index contributed by atoms with van der Waals surface area (Å²) in [5.41, 5.74) is 5.43. The van der Waals surface area contributed by atoms with Crippen molar-refractivity contribution in [2.45, 2.75) is 45.6 Å². The molecule has 1 rings (SSSR count). The third-order valence-electron chi connectivity index (χ3n) is 3.74. The van der Waals surface area contributed by atoms with Gasteiger partial charge in [-0.2, -0.15) is 0 Å². The molecule has 2 atom stereocenters. The van der Waals surface area contributed by atoms with Crippen molar-refractivity contribution in [2.24, 2.45) is 17.6 Å². The van der Waals surface area contributed by atoms with Crippen LogP contribution in [0.5, 0.6) is 0 Å². The minimum absolute atomic E-state index is 0.210. The van der Waals surface area contributed by atoms with E-state index < -0.39 is 6.09 Å². The largest absolute Gasteiger partial charge is 0.465 e. The number of nitrogens with zero attached hydrogens (tertiary/aromatic N) is 1. The first-order valence-electron chi connectivity index (χ1n) is 7.13. The fourth-order valence-corrected chi connectivity index (χ4v) is 2.61. The molecule has 1 aliphatic rings. The maximum atomic E-state index is 11.4. The molecule has 0 unspecified atom stereocenters. The summed E-state index contributed by atoms with van der Waals surface area (Å²) in [4.78, 5) is 12.8. The molecule has 0 radical (unpaired) electrons. The maximum Gasteiger partial charge on any atom is 0.407 e. The van der Waals surface area contributed by atoms with Crippen LogP contribution in [0.25, 0.3) is 0 Å². The molecule has 3 N–H and O–H groups in total. The molecule has 0 saturated carbocycles. The standard InChI is InChI=1S/C14H28N2O3/c1-14(2,3)16(13(17)18)9-12(8-15)7-11-5-4-6-19-10-11/h11-12H,4-10,15H2,1-3H3,(H,17,18)/t11-,12+/m1/s1. The van der Waals surface area contributed by atoms with Crippen LogP contribution in [0.4, 0.5) is 4.79 Å². The summed E-state index contributed by atoms with van der Waals surface area (Å²) in [5.74, 6) is 0.736. The molecule has 1 heterocycles. The van der Waals surface area contributed by atoms with Crippen molar-refractivity contribution < 1.29 is 14.6 Å². The summed E-state index contributed by atoms with van der Waals surface area (Å²) in [7, 11) is 0. The van der Waals surface area contributed by atoms with Gasteiger partial charge in [-0.15, -0.1) is 0 Å². The molecule has 1 amide bonds. The molecule has 0 aromatic rings. The number of ether oxygens (including phenoxy) is 1. The fraction of sp³-hybridized carbons (Fsp3) is 0.929. The lowest BCUT2D eigenvalue weighted by atomic mass is 9.89. The van der Waals surface area contributed by atoms with Crippen molar-refractivity contribution in [3.05, 3.63) is 0 Å². The molecule has 0 aromatic carbocycles. The smallest absolute Gasteiger partial charge is 0.407 e. The van der Waals surface area contributed by atoms with Crippen molar-refractivity contribution in [3.63, 3.8) is 0 Å². The minimum Gasteiger partial charge on any atom is -0.465 e. The van der Waals surface area contributed by atoms with E-state index in [9.17, 15) is 9.90 Å². The summed E-state index contributed by atoms with van der Waals surface area (Å²) in [5, 5.41) is 9.32. The zero-order valence-corrected chi connectivity index (χ0v) is 12.4. The quantitative estimate of drug-likeness (QED) is 0.804. The Hall–Kier alpha value is -0.810. The van der Waals surface area contributed by atoms with Gasteiger partial charge in [0.15, 0.2) is 0 Å². The predicted octanol–water partition coefficient (Wildman–Crippen LogP) is 2.16. The third kappa shape index (κ3) is 5.37. The van der Waals surface area contributed by atoms with Crippen molar-refractivity contribution >= 4 is 6.09 Å². The third-order valence-corrected chi connectivity index (χ3v) is 3.74. The van der Waals surface area contributed by atoms with Gasteiger partial charge in [-0.05, 0) is 58.4 Å². The van der Waals surface area contributed by atoms with Gasteiger partial charge in [0.25, 0.3) is 0 Å². The lowest BCUT2D eigenvalue weighted by Crippen LogP contribution is -2.48. The van der Waals surface area contributed by atoms with Crippen LogP contribution in [0, 0.1) is 11.8 Å². The average molecular weight is 272 g/mol. The van der Waals surface area contributed by atoms with Gasteiger partial charge >= 0.3 is 6.09 Å². The van der Waals surface area contributed by atoms with Crippen molar-refractivity contribution in [3.8, 4) is 0 Å². The summed E-state index contributed by atoms with van der Waals surface area (Å²) in [6.45, 7) is 8.42. The highest BCUT2D eigenvalue weighted by Crippen LogP contribution is 2.24. The van der Waals surface area contributed by atoms with Crippen LogP contribution in [0.1, 0.15) is 40.0 Å². The Balaban J connectivity index is 2.55. The zero-order chi connectivity index (χ0) is 14.5. The lowest BCUT2D eigenvalue weighted by Gasteiger charge is -2.36. The van der Waals surface area contributed by atoms with Gasteiger partial charge in [-0.3, -0.25) is 0 Å². The predicted molar refractivity (Wildman–Crippen MR) is 75.2 cm³/mol. The molecule has 5 heteroatoms. The maximum absolute atomic E-state index is 11.4. The van der Waals surface area contributed by atoms with Gasteiger partial charge in [0.05, 0.1) is 0 Å². The molecule has 0 aliphatic carbocycles. The lowest BCUT2D eigenvalue weighted by molar-refractivity contribution is 0.0383. The Kier molecular flexibility index (Phi) is 6.07. The molecule has 1 saturated heterocycles. The van der Waals surface area contributed by atoms with E-state index in [1.807, 2.05) is 20.8 Å². The summed E-state index contributed by atoms with van der Waals surface area (Å²) >= 11 is 0. The van der Waals surface area contributed by atoms with Crippen LogP contribution in [0.3, 0.4) is 0 Å². The molecular formula is C14H28N2O3. The summed E-state index contributed by atoms with van der Waals surface area (Å²) in [6, 6.07) is 0. The van der Waals surface area contributed by atoms with Crippen molar-refractivity contribution in [1.82, 2.24) is 4.90 Å².